The van der Waals surface area contributed by atoms with Crippen molar-refractivity contribution in [1.82, 2.24) is 10.7 Å². The first kappa shape index (κ1) is 26.1. The molecule has 0 unspecified atom stereocenters. The van der Waals surface area contributed by atoms with Gasteiger partial charge < -0.3 is 14.8 Å². The summed E-state index contributed by atoms with van der Waals surface area (Å²) in [7, 11) is 0. The number of nitrogens with one attached hydrogen (secondary N) is 2. The summed E-state index contributed by atoms with van der Waals surface area (Å²) in [6.07, 6.45) is 1.42. The molecule has 0 aliphatic rings. The summed E-state index contributed by atoms with van der Waals surface area (Å²) in [5.74, 6) is -0.459. The zero-order chi connectivity index (χ0) is 26.9. The topological polar surface area (TPSA) is 106 Å². The van der Waals surface area contributed by atoms with Crippen LogP contribution in [0.1, 0.15) is 38.8 Å². The molecule has 4 aromatic rings. The fourth-order valence-corrected chi connectivity index (χ4v) is 3.69. The molecule has 0 bridgehead atoms. The van der Waals surface area contributed by atoms with E-state index in [0.29, 0.717) is 29.0 Å². The Morgan fingerprint density at radius 3 is 2.32 bits per heavy atom. The van der Waals surface area contributed by atoms with E-state index < -0.39 is 11.9 Å². The lowest BCUT2D eigenvalue weighted by Gasteiger charge is -2.11. The molecular weight excluding hydrogens is 482 g/mol. The number of nitrogens with zero attached hydrogens (tertiary/aromatic N) is 1. The lowest BCUT2D eigenvalue weighted by atomic mass is 10.0. The van der Waals surface area contributed by atoms with Crippen LogP contribution in [-0.4, -0.2) is 37.1 Å². The smallest absolute Gasteiger partial charge is 0.343 e. The maximum Gasteiger partial charge on any atom is 0.343 e. The minimum Gasteiger partial charge on any atom is -0.494 e. The lowest BCUT2D eigenvalue weighted by molar-refractivity contribution is -0.120. The third-order valence-corrected chi connectivity index (χ3v) is 5.64. The standard InChI is InChI=1S/C30H27N3O5/c1-3-37-24-15-12-23(13-16-24)30(36)38-27-17-14-21-6-4-5-7-25(21)26(27)18-32-33-28(34)19-31-29(35)22-10-8-20(2)9-11-22/h4-18H,3,19H2,1-2H3,(H,31,35)(H,33,34). The predicted octanol–water partition coefficient (Wildman–Crippen LogP) is 4.65. The minimum absolute atomic E-state index is 0.251. The Hall–Kier alpha value is -4.98. The van der Waals surface area contributed by atoms with Crippen LogP contribution in [0.3, 0.4) is 0 Å². The van der Waals surface area contributed by atoms with Crippen LogP contribution < -0.4 is 20.2 Å². The highest BCUT2D eigenvalue weighted by Gasteiger charge is 2.14. The highest BCUT2D eigenvalue weighted by atomic mass is 16.5. The molecule has 4 aromatic carbocycles. The van der Waals surface area contributed by atoms with Crippen molar-refractivity contribution in [3.63, 3.8) is 0 Å². The molecule has 8 heteroatoms. The number of hydrazone groups is 1. The Morgan fingerprint density at radius 1 is 0.868 bits per heavy atom. The van der Waals surface area contributed by atoms with Gasteiger partial charge >= 0.3 is 5.97 Å². The molecule has 0 saturated carbocycles. The first-order chi connectivity index (χ1) is 18.4. The summed E-state index contributed by atoms with van der Waals surface area (Å²) in [6, 6.07) is 24.8. The molecule has 4 rings (SSSR count). The van der Waals surface area contributed by atoms with Gasteiger partial charge in [0, 0.05) is 11.1 Å². The van der Waals surface area contributed by atoms with Gasteiger partial charge in [-0.05, 0) is 67.1 Å². The molecule has 38 heavy (non-hydrogen) atoms. The summed E-state index contributed by atoms with van der Waals surface area (Å²) in [5.41, 5.74) is 4.78. The quantitative estimate of drug-likeness (QED) is 0.148. The number of fused-ring (bicyclic) bond motifs is 1. The average Bonchev–Trinajstić information content (AvgIpc) is 2.93. The molecule has 192 valence electrons. The van der Waals surface area contributed by atoms with Crippen LogP contribution in [0.2, 0.25) is 0 Å². The molecule has 0 atom stereocenters. The molecule has 2 N–H and O–H groups in total. The summed E-state index contributed by atoms with van der Waals surface area (Å²) in [4.78, 5) is 37.3. The maximum atomic E-state index is 12.8. The van der Waals surface area contributed by atoms with Crippen molar-refractivity contribution in [3.05, 3.63) is 107 Å². The highest BCUT2D eigenvalue weighted by molar-refractivity contribution is 6.04. The zero-order valence-electron chi connectivity index (χ0n) is 21.1. The van der Waals surface area contributed by atoms with Gasteiger partial charge in [0.15, 0.2) is 0 Å². The third-order valence-electron chi connectivity index (χ3n) is 5.64. The van der Waals surface area contributed by atoms with E-state index in [-0.39, 0.29) is 18.2 Å². The molecular formula is C30H27N3O5. The van der Waals surface area contributed by atoms with Gasteiger partial charge in [-0.15, -0.1) is 0 Å². The number of benzene rings is 4. The van der Waals surface area contributed by atoms with Crippen LogP contribution >= 0.6 is 0 Å². The van der Waals surface area contributed by atoms with Gasteiger partial charge in [0.25, 0.3) is 11.8 Å². The Kier molecular flexibility index (Phi) is 8.46. The highest BCUT2D eigenvalue weighted by Crippen LogP contribution is 2.27. The summed E-state index contributed by atoms with van der Waals surface area (Å²) < 4.78 is 11.1. The van der Waals surface area contributed by atoms with Gasteiger partial charge in [0.2, 0.25) is 0 Å². The van der Waals surface area contributed by atoms with Crippen molar-refractivity contribution in [2.24, 2.45) is 5.10 Å². The van der Waals surface area contributed by atoms with Gasteiger partial charge in [-0.3, -0.25) is 9.59 Å². The summed E-state index contributed by atoms with van der Waals surface area (Å²) in [6.45, 7) is 4.09. The third kappa shape index (κ3) is 6.61. The predicted molar refractivity (Wildman–Crippen MR) is 146 cm³/mol. The van der Waals surface area contributed by atoms with E-state index in [2.05, 4.69) is 15.8 Å². The minimum atomic E-state index is -0.541. The van der Waals surface area contributed by atoms with Crippen molar-refractivity contribution in [3.8, 4) is 11.5 Å². The number of carbonyl (C=O) groups is 3. The van der Waals surface area contributed by atoms with Gasteiger partial charge in [0.1, 0.15) is 11.5 Å². The van der Waals surface area contributed by atoms with E-state index in [4.69, 9.17) is 9.47 Å². The van der Waals surface area contributed by atoms with Crippen LogP contribution in [-0.2, 0) is 4.79 Å². The number of amides is 2. The zero-order valence-corrected chi connectivity index (χ0v) is 21.1. The SMILES string of the molecule is CCOc1ccc(C(=O)Oc2ccc3ccccc3c2C=NNC(=O)CNC(=O)c2ccc(C)cc2)cc1. The lowest BCUT2D eigenvalue weighted by Crippen LogP contribution is -2.34. The first-order valence-electron chi connectivity index (χ1n) is 12.1. The normalized spacial score (nSPS) is 10.8. The van der Waals surface area contributed by atoms with Crippen LogP contribution in [0.25, 0.3) is 10.8 Å². The largest absolute Gasteiger partial charge is 0.494 e. The Labute approximate surface area is 220 Å². The number of hydrogen-bond acceptors (Lipinski definition) is 6. The number of rotatable bonds is 9. The number of esters is 1. The van der Waals surface area contributed by atoms with Crippen molar-refractivity contribution in [1.29, 1.82) is 0 Å². The van der Waals surface area contributed by atoms with Gasteiger partial charge in [0.05, 0.1) is 24.9 Å². The second kappa shape index (κ2) is 12.3. The number of ether oxygens (including phenoxy) is 2. The number of hydrogen-bond donors (Lipinski definition) is 2. The van der Waals surface area contributed by atoms with Crippen LogP contribution in [0.4, 0.5) is 0 Å². The molecule has 0 radical (unpaired) electrons. The van der Waals surface area contributed by atoms with Crippen LogP contribution in [0, 0.1) is 6.92 Å². The monoisotopic (exact) mass is 509 g/mol. The molecule has 0 heterocycles. The number of aryl methyl sites for hydroxylation is 1. The number of carbonyl (C=O) groups excluding carboxylic acids is 3. The molecule has 0 saturated heterocycles. The van der Waals surface area contributed by atoms with E-state index in [1.807, 2.05) is 56.3 Å². The fourth-order valence-electron chi connectivity index (χ4n) is 3.69. The van der Waals surface area contributed by atoms with E-state index in [9.17, 15) is 14.4 Å². The molecule has 0 aliphatic heterocycles. The Balaban J connectivity index is 1.45. The fraction of sp³-hybridized carbons (Fsp3) is 0.133. The van der Waals surface area contributed by atoms with E-state index in [0.717, 1.165) is 16.3 Å². The van der Waals surface area contributed by atoms with Crippen molar-refractivity contribution in [2.45, 2.75) is 13.8 Å². The molecule has 0 spiro atoms. The van der Waals surface area contributed by atoms with Crippen LogP contribution in [0.15, 0.2) is 90.0 Å². The van der Waals surface area contributed by atoms with E-state index >= 15 is 0 Å². The van der Waals surface area contributed by atoms with Gasteiger partial charge in [-0.1, -0.05) is 48.0 Å². The molecule has 0 aliphatic carbocycles. The second-order valence-electron chi connectivity index (χ2n) is 8.39. The summed E-state index contributed by atoms with van der Waals surface area (Å²) in [5, 5.41) is 8.30. The molecule has 8 nitrogen and oxygen atoms in total. The summed E-state index contributed by atoms with van der Waals surface area (Å²) >= 11 is 0. The van der Waals surface area contributed by atoms with E-state index in [1.54, 1.807) is 42.5 Å². The molecule has 0 fully saturated rings. The van der Waals surface area contributed by atoms with Gasteiger partial charge in [-0.2, -0.15) is 5.10 Å². The molecule has 0 aromatic heterocycles. The Morgan fingerprint density at radius 2 is 1.58 bits per heavy atom. The van der Waals surface area contributed by atoms with Crippen molar-refractivity contribution < 1.29 is 23.9 Å². The van der Waals surface area contributed by atoms with Crippen molar-refractivity contribution in [2.75, 3.05) is 13.2 Å². The second-order valence-corrected chi connectivity index (χ2v) is 8.39. The molecule has 2 amide bonds. The van der Waals surface area contributed by atoms with E-state index in [1.165, 1.54) is 6.21 Å². The van der Waals surface area contributed by atoms with Crippen molar-refractivity contribution >= 4 is 34.8 Å². The maximum absolute atomic E-state index is 12.8. The van der Waals surface area contributed by atoms with Gasteiger partial charge in [-0.25, -0.2) is 10.2 Å². The average molecular weight is 510 g/mol. The van der Waals surface area contributed by atoms with Crippen LogP contribution in [0.5, 0.6) is 11.5 Å². The Bertz CT molecular complexity index is 1480. The first-order valence-corrected chi connectivity index (χ1v) is 12.1.